The molecule has 1 saturated heterocycles. The average molecular weight is 276 g/mol. The predicted octanol–water partition coefficient (Wildman–Crippen LogP) is 3.14. The lowest BCUT2D eigenvalue weighted by Crippen LogP contribution is -2.21. The summed E-state index contributed by atoms with van der Waals surface area (Å²) in [6.07, 6.45) is 4.47. The number of hydrogen-bond donors (Lipinski definition) is 1. The van der Waals surface area contributed by atoms with E-state index in [-0.39, 0.29) is 0 Å². The Morgan fingerprint density at radius 3 is 2.55 bits per heavy atom. The molecule has 0 unspecified atom stereocenters. The minimum atomic E-state index is 0.700. The van der Waals surface area contributed by atoms with E-state index >= 15 is 0 Å². The summed E-state index contributed by atoms with van der Waals surface area (Å²) >= 11 is 0. The van der Waals surface area contributed by atoms with Crippen molar-refractivity contribution in [3.63, 3.8) is 0 Å². The Morgan fingerprint density at radius 1 is 1.25 bits per heavy atom. The Kier molecular flexibility index (Phi) is 5.87. The molecule has 1 aromatic rings. The highest BCUT2D eigenvalue weighted by atomic mass is 16.5. The van der Waals surface area contributed by atoms with Crippen LogP contribution in [0.3, 0.4) is 0 Å². The lowest BCUT2D eigenvalue weighted by Gasteiger charge is -2.14. The lowest BCUT2D eigenvalue weighted by molar-refractivity contribution is 0.263. The zero-order valence-corrected chi connectivity index (χ0v) is 12.2. The van der Waals surface area contributed by atoms with Gasteiger partial charge in [0.05, 0.1) is 12.3 Å². The summed E-state index contributed by atoms with van der Waals surface area (Å²) in [7, 11) is 0. The molecule has 0 saturated carbocycles. The largest absolute Gasteiger partial charge is 0.494 e. The van der Waals surface area contributed by atoms with Crippen molar-refractivity contribution >= 4 is 5.71 Å². The summed E-state index contributed by atoms with van der Waals surface area (Å²) in [5.41, 5.74) is 1.64. The molecule has 1 fully saturated rings. The van der Waals surface area contributed by atoms with Crippen LogP contribution in [0.1, 0.15) is 38.2 Å². The van der Waals surface area contributed by atoms with Gasteiger partial charge in [0.2, 0.25) is 0 Å². The van der Waals surface area contributed by atoms with E-state index in [9.17, 15) is 0 Å². The van der Waals surface area contributed by atoms with Crippen LogP contribution in [0.2, 0.25) is 0 Å². The van der Waals surface area contributed by atoms with Gasteiger partial charge in [0.25, 0.3) is 0 Å². The summed E-state index contributed by atoms with van der Waals surface area (Å²) in [5, 5.41) is 12.2. The molecule has 0 amide bonds. The van der Waals surface area contributed by atoms with Gasteiger partial charge in [-0.1, -0.05) is 12.1 Å². The maximum absolute atomic E-state index is 8.88. The minimum Gasteiger partial charge on any atom is -0.494 e. The molecule has 1 heterocycles. The van der Waals surface area contributed by atoms with Gasteiger partial charge in [0, 0.05) is 6.54 Å². The maximum atomic E-state index is 8.88. The zero-order chi connectivity index (χ0) is 14.2. The minimum absolute atomic E-state index is 0.700. The predicted molar refractivity (Wildman–Crippen MR) is 80.8 cm³/mol. The maximum Gasteiger partial charge on any atom is 0.119 e. The van der Waals surface area contributed by atoms with Gasteiger partial charge in [0.1, 0.15) is 5.75 Å². The van der Waals surface area contributed by atoms with Crippen LogP contribution in [0.15, 0.2) is 29.4 Å². The quantitative estimate of drug-likeness (QED) is 0.360. The first-order chi connectivity index (χ1) is 9.83. The number of likely N-dealkylation sites (tertiary alicyclic amines) is 1. The van der Waals surface area contributed by atoms with Gasteiger partial charge in [0.15, 0.2) is 0 Å². The molecule has 0 aromatic heterocycles. The highest BCUT2D eigenvalue weighted by Crippen LogP contribution is 2.14. The Labute approximate surface area is 121 Å². The second-order valence-electron chi connectivity index (χ2n) is 5.18. The number of hydrogen-bond acceptors (Lipinski definition) is 4. The van der Waals surface area contributed by atoms with Gasteiger partial charge >= 0.3 is 0 Å². The molecule has 0 bridgehead atoms. The van der Waals surface area contributed by atoms with Crippen molar-refractivity contribution in [1.82, 2.24) is 4.90 Å². The molecule has 4 nitrogen and oxygen atoms in total. The molecule has 1 aliphatic rings. The van der Waals surface area contributed by atoms with Gasteiger partial charge in [-0.25, -0.2) is 0 Å². The van der Waals surface area contributed by atoms with E-state index < -0.39 is 0 Å². The van der Waals surface area contributed by atoms with Crippen LogP contribution in [0.25, 0.3) is 0 Å². The molecule has 0 radical (unpaired) electrons. The molecule has 20 heavy (non-hydrogen) atoms. The van der Waals surface area contributed by atoms with Crippen LogP contribution in [-0.2, 0) is 0 Å². The Hall–Kier alpha value is -1.55. The standard InChI is InChI=1S/C16H24N2O2/c1-2-16(17-19)14-6-8-15(9-7-14)20-13-5-12-18-10-3-4-11-18/h6-9,19H,2-5,10-13H2,1H3. The van der Waals surface area contributed by atoms with E-state index in [2.05, 4.69) is 10.1 Å². The molecule has 2 rings (SSSR count). The molecule has 0 spiro atoms. The highest BCUT2D eigenvalue weighted by Gasteiger charge is 2.10. The van der Waals surface area contributed by atoms with E-state index in [1.54, 1.807) is 0 Å². The summed E-state index contributed by atoms with van der Waals surface area (Å²) in [4.78, 5) is 2.50. The average Bonchev–Trinajstić information content (AvgIpc) is 3.00. The first-order valence-corrected chi connectivity index (χ1v) is 7.50. The third-order valence-corrected chi connectivity index (χ3v) is 3.73. The van der Waals surface area contributed by atoms with Crippen LogP contribution in [0, 0.1) is 0 Å². The second-order valence-corrected chi connectivity index (χ2v) is 5.18. The molecular weight excluding hydrogens is 252 g/mol. The van der Waals surface area contributed by atoms with Gasteiger partial charge in [-0.05, 0) is 68.6 Å². The van der Waals surface area contributed by atoms with Crippen molar-refractivity contribution < 1.29 is 9.94 Å². The van der Waals surface area contributed by atoms with Crippen molar-refractivity contribution in [3.05, 3.63) is 29.8 Å². The monoisotopic (exact) mass is 276 g/mol. The van der Waals surface area contributed by atoms with Crippen LogP contribution in [0.4, 0.5) is 0 Å². The van der Waals surface area contributed by atoms with E-state index in [0.29, 0.717) is 12.1 Å². The SMILES string of the molecule is CCC(=NO)c1ccc(OCCCN2CCCC2)cc1. The third-order valence-electron chi connectivity index (χ3n) is 3.73. The molecule has 0 atom stereocenters. The molecule has 1 aromatic carbocycles. The molecular formula is C16H24N2O2. The number of oxime groups is 1. The van der Waals surface area contributed by atoms with E-state index in [1.165, 1.54) is 25.9 Å². The Bertz CT molecular complexity index is 423. The number of nitrogens with zero attached hydrogens (tertiary/aromatic N) is 2. The first-order valence-electron chi connectivity index (χ1n) is 7.50. The van der Waals surface area contributed by atoms with Crippen LogP contribution >= 0.6 is 0 Å². The van der Waals surface area contributed by atoms with Gasteiger partial charge < -0.3 is 14.8 Å². The van der Waals surface area contributed by atoms with E-state index in [1.807, 2.05) is 31.2 Å². The normalized spacial score (nSPS) is 16.6. The number of rotatable bonds is 7. The fourth-order valence-electron chi connectivity index (χ4n) is 2.56. The van der Waals surface area contributed by atoms with Crippen molar-refractivity contribution in [2.75, 3.05) is 26.2 Å². The fourth-order valence-corrected chi connectivity index (χ4v) is 2.56. The van der Waals surface area contributed by atoms with Crippen LogP contribution in [0.5, 0.6) is 5.75 Å². The molecule has 110 valence electrons. The summed E-state index contributed by atoms with van der Waals surface area (Å²) in [6, 6.07) is 7.75. The van der Waals surface area contributed by atoms with Crippen molar-refractivity contribution in [1.29, 1.82) is 0 Å². The zero-order valence-electron chi connectivity index (χ0n) is 12.2. The summed E-state index contributed by atoms with van der Waals surface area (Å²) in [5.74, 6) is 0.878. The second kappa shape index (κ2) is 7.90. The van der Waals surface area contributed by atoms with Crippen molar-refractivity contribution in [2.45, 2.75) is 32.6 Å². The topological polar surface area (TPSA) is 45.1 Å². The van der Waals surface area contributed by atoms with Gasteiger partial charge in [-0.15, -0.1) is 0 Å². The molecule has 4 heteroatoms. The molecule has 1 N–H and O–H groups in total. The number of benzene rings is 1. The van der Waals surface area contributed by atoms with Gasteiger partial charge in [-0.3, -0.25) is 0 Å². The van der Waals surface area contributed by atoms with Gasteiger partial charge in [-0.2, -0.15) is 0 Å². The van der Waals surface area contributed by atoms with Crippen LogP contribution < -0.4 is 4.74 Å². The molecule has 0 aliphatic carbocycles. The third kappa shape index (κ3) is 4.23. The van der Waals surface area contributed by atoms with Crippen molar-refractivity contribution in [2.24, 2.45) is 5.16 Å². The lowest BCUT2D eigenvalue weighted by atomic mass is 10.1. The number of ether oxygens (including phenoxy) is 1. The van der Waals surface area contributed by atoms with E-state index in [0.717, 1.165) is 30.9 Å². The highest BCUT2D eigenvalue weighted by molar-refractivity contribution is 6.00. The van der Waals surface area contributed by atoms with Crippen molar-refractivity contribution in [3.8, 4) is 5.75 Å². The smallest absolute Gasteiger partial charge is 0.119 e. The first kappa shape index (κ1) is 14.9. The van der Waals surface area contributed by atoms with Crippen LogP contribution in [-0.4, -0.2) is 42.1 Å². The Balaban J connectivity index is 1.73. The summed E-state index contributed by atoms with van der Waals surface area (Å²) in [6.45, 7) is 6.35. The Morgan fingerprint density at radius 2 is 1.95 bits per heavy atom. The molecule has 1 aliphatic heterocycles. The van der Waals surface area contributed by atoms with E-state index in [4.69, 9.17) is 9.94 Å². The fraction of sp³-hybridized carbons (Fsp3) is 0.562. The summed E-state index contributed by atoms with van der Waals surface area (Å²) < 4.78 is 5.74.